The number of rotatable bonds is 8. The van der Waals surface area contributed by atoms with Crippen molar-refractivity contribution in [3.63, 3.8) is 0 Å². The summed E-state index contributed by atoms with van der Waals surface area (Å²) in [5.74, 6) is 0.321. The Morgan fingerprint density at radius 3 is 2.58 bits per heavy atom. The van der Waals surface area contributed by atoms with Gasteiger partial charge in [0.05, 0.1) is 35.2 Å². The number of carbonyl (C=O) groups excluding carboxylic acids is 1. The molecule has 2 aromatic heterocycles. The van der Waals surface area contributed by atoms with Crippen molar-refractivity contribution in [1.82, 2.24) is 14.8 Å². The molecule has 0 aliphatic carbocycles. The Labute approximate surface area is 180 Å². The quantitative estimate of drug-likeness (QED) is 0.311. The number of nitroso groups, excluding NO2 is 1. The number of aromatic nitrogens is 3. The lowest BCUT2D eigenvalue weighted by molar-refractivity contribution is 0.0988. The fourth-order valence-electron chi connectivity index (χ4n) is 3.31. The Kier molecular flexibility index (Phi) is 6.36. The van der Waals surface area contributed by atoms with Crippen LogP contribution in [0.25, 0.3) is 11.3 Å². The predicted molar refractivity (Wildman–Crippen MR) is 122 cm³/mol. The monoisotopic (exact) mass is 441 g/mol. The lowest BCUT2D eigenvalue weighted by atomic mass is 10.1. The van der Waals surface area contributed by atoms with Crippen LogP contribution < -0.4 is 15.5 Å². The number of nitrogens with one attached hydrogen (secondary N) is 1. The van der Waals surface area contributed by atoms with E-state index in [1.165, 1.54) is 19.4 Å². The maximum absolute atomic E-state index is 12.6. The van der Waals surface area contributed by atoms with Crippen molar-refractivity contribution >= 4 is 35.6 Å². The molecule has 0 radical (unpaired) electrons. The van der Waals surface area contributed by atoms with E-state index in [9.17, 15) is 14.3 Å². The normalized spacial score (nSPS) is 11.3. The van der Waals surface area contributed by atoms with Crippen LogP contribution in [0.1, 0.15) is 23.7 Å². The molecular weight excluding hydrogens is 417 g/mol. The lowest BCUT2D eigenvalue weighted by Gasteiger charge is -2.16. The van der Waals surface area contributed by atoms with E-state index in [1.54, 1.807) is 44.1 Å². The third kappa shape index (κ3) is 4.56. The molecule has 1 aromatic carbocycles. The Bertz CT molecular complexity index is 1200. The van der Waals surface area contributed by atoms with Crippen molar-refractivity contribution in [3.05, 3.63) is 47.0 Å². The fourth-order valence-corrected chi connectivity index (χ4v) is 4.48. The van der Waals surface area contributed by atoms with E-state index in [1.807, 2.05) is 12.1 Å². The highest BCUT2D eigenvalue weighted by Gasteiger charge is 2.21. The minimum Gasteiger partial charge on any atom is -0.494 e. The number of benzene rings is 1. The number of pyridine rings is 1. The molecule has 9 nitrogen and oxygen atoms in total. The van der Waals surface area contributed by atoms with Crippen molar-refractivity contribution in [2.24, 2.45) is 12.2 Å². The summed E-state index contributed by atoms with van der Waals surface area (Å²) in [6.07, 6.45) is 1.62. The minimum absolute atomic E-state index is 0.0405. The summed E-state index contributed by atoms with van der Waals surface area (Å²) in [6, 6.07) is 8.65. The molecule has 0 spiro atoms. The zero-order chi connectivity index (χ0) is 22.8. The number of anilines is 2. The zero-order valence-corrected chi connectivity index (χ0v) is 18.9. The maximum atomic E-state index is 12.6. The van der Waals surface area contributed by atoms with Crippen LogP contribution in [0.4, 0.5) is 17.2 Å². The first kappa shape index (κ1) is 22.4. The SMILES string of the molecule is CCC(=O)c1cnc(N=O)cc1Nc1cccc(-c2cc(P(C)(C)=O)n(C)n2)c1OC. The molecule has 31 heavy (non-hydrogen) atoms. The number of hydrogen-bond donors (Lipinski definition) is 1. The highest BCUT2D eigenvalue weighted by atomic mass is 31.2. The number of ketones is 1. The molecule has 162 valence electrons. The zero-order valence-electron chi connectivity index (χ0n) is 18.0. The highest BCUT2D eigenvalue weighted by molar-refractivity contribution is 7.69. The number of carbonyl (C=O) groups is 1. The third-order valence-corrected chi connectivity index (χ3v) is 6.30. The number of hydrogen-bond acceptors (Lipinski definition) is 8. The molecule has 3 aromatic rings. The molecule has 0 unspecified atom stereocenters. The van der Waals surface area contributed by atoms with Crippen LogP contribution in [0.2, 0.25) is 0 Å². The molecule has 3 rings (SSSR count). The van der Waals surface area contributed by atoms with Crippen molar-refractivity contribution in [1.29, 1.82) is 0 Å². The molecule has 2 heterocycles. The molecule has 0 atom stereocenters. The summed E-state index contributed by atoms with van der Waals surface area (Å²) in [6.45, 7) is 5.13. The van der Waals surface area contributed by atoms with Gasteiger partial charge in [0.25, 0.3) is 0 Å². The molecule has 0 aliphatic heterocycles. The van der Waals surface area contributed by atoms with E-state index >= 15 is 0 Å². The van der Waals surface area contributed by atoms with Crippen LogP contribution in [-0.4, -0.2) is 41.0 Å². The first-order chi connectivity index (χ1) is 14.7. The van der Waals surface area contributed by atoms with Gasteiger partial charge in [0, 0.05) is 31.3 Å². The van der Waals surface area contributed by atoms with Gasteiger partial charge in [0.15, 0.2) is 17.4 Å². The van der Waals surface area contributed by atoms with Gasteiger partial charge in [-0.3, -0.25) is 9.48 Å². The summed E-state index contributed by atoms with van der Waals surface area (Å²) < 4.78 is 19.8. The van der Waals surface area contributed by atoms with Gasteiger partial charge in [-0.1, -0.05) is 13.0 Å². The Morgan fingerprint density at radius 1 is 1.26 bits per heavy atom. The number of Topliss-reactive ketones (excluding diaryl/α,β-unsaturated/α-hetero) is 1. The average Bonchev–Trinajstić information content (AvgIpc) is 3.15. The predicted octanol–water partition coefficient (Wildman–Crippen LogP) is 4.47. The van der Waals surface area contributed by atoms with Gasteiger partial charge >= 0.3 is 0 Å². The number of para-hydroxylation sites is 1. The molecule has 0 fully saturated rings. The van der Waals surface area contributed by atoms with Gasteiger partial charge < -0.3 is 14.6 Å². The number of methoxy groups -OCH3 is 1. The molecule has 0 saturated heterocycles. The second-order valence-electron chi connectivity index (χ2n) is 7.33. The van der Waals surface area contributed by atoms with Crippen LogP contribution in [0.5, 0.6) is 5.75 Å². The Morgan fingerprint density at radius 2 is 2.00 bits per heavy atom. The van der Waals surface area contributed by atoms with Crippen molar-refractivity contribution < 1.29 is 14.1 Å². The van der Waals surface area contributed by atoms with Gasteiger partial charge in [-0.25, -0.2) is 4.98 Å². The third-order valence-electron chi connectivity index (χ3n) is 4.78. The molecule has 0 amide bonds. The van der Waals surface area contributed by atoms with Crippen molar-refractivity contribution in [2.45, 2.75) is 13.3 Å². The van der Waals surface area contributed by atoms with E-state index in [-0.39, 0.29) is 18.0 Å². The van der Waals surface area contributed by atoms with E-state index in [0.717, 1.165) is 0 Å². The van der Waals surface area contributed by atoms with Gasteiger partial charge in [-0.15, -0.1) is 4.91 Å². The average molecular weight is 441 g/mol. The van der Waals surface area contributed by atoms with Crippen LogP contribution in [-0.2, 0) is 11.6 Å². The topological polar surface area (TPSA) is 116 Å². The smallest absolute Gasteiger partial charge is 0.198 e. The van der Waals surface area contributed by atoms with Gasteiger partial charge in [0.2, 0.25) is 0 Å². The first-order valence-corrected chi connectivity index (χ1v) is 12.2. The van der Waals surface area contributed by atoms with E-state index in [4.69, 9.17) is 4.74 Å². The Hall–Kier alpha value is -3.32. The van der Waals surface area contributed by atoms with Crippen LogP contribution in [0.15, 0.2) is 41.7 Å². The highest BCUT2D eigenvalue weighted by Crippen LogP contribution is 2.40. The van der Waals surface area contributed by atoms with Crippen LogP contribution >= 0.6 is 7.14 Å². The lowest BCUT2D eigenvalue weighted by Crippen LogP contribution is -2.13. The van der Waals surface area contributed by atoms with E-state index in [2.05, 4.69) is 20.6 Å². The second-order valence-corrected chi connectivity index (χ2v) is 10.5. The van der Waals surface area contributed by atoms with Crippen LogP contribution in [0.3, 0.4) is 0 Å². The molecule has 10 heteroatoms. The van der Waals surface area contributed by atoms with E-state index < -0.39 is 7.14 Å². The summed E-state index contributed by atoms with van der Waals surface area (Å²) in [4.78, 5) is 27.2. The summed E-state index contributed by atoms with van der Waals surface area (Å²) in [5.41, 5.74) is 3.26. The van der Waals surface area contributed by atoms with Gasteiger partial charge in [-0.05, 0) is 36.7 Å². The number of nitrogens with zero attached hydrogens (tertiary/aromatic N) is 4. The number of ether oxygens (including phenoxy) is 1. The number of aryl methyl sites for hydroxylation is 1. The summed E-state index contributed by atoms with van der Waals surface area (Å²) >= 11 is 0. The minimum atomic E-state index is -2.52. The maximum Gasteiger partial charge on any atom is 0.198 e. The molecule has 0 bridgehead atoms. The standard InChI is InChI=1S/C21H24N5O4P/c1-6-18(27)14-12-22-19(25-28)10-16(14)23-15-9-7-8-13(21(15)30-3)17-11-20(26(2)24-17)31(4,5)29/h7-12H,6H2,1-5H3,(H,22,23). The molecular formula is C21H24N5O4P. The Balaban J connectivity index is 2.11. The fraction of sp³-hybridized carbons (Fsp3) is 0.286. The van der Waals surface area contributed by atoms with Crippen LogP contribution in [0, 0.1) is 4.91 Å². The largest absolute Gasteiger partial charge is 0.494 e. The van der Waals surface area contributed by atoms with E-state index in [0.29, 0.717) is 39.4 Å². The second kappa shape index (κ2) is 8.81. The molecule has 1 N–H and O–H groups in total. The van der Waals surface area contributed by atoms with Crippen molar-refractivity contribution in [3.8, 4) is 17.0 Å². The van der Waals surface area contributed by atoms with Gasteiger partial charge in [0.1, 0.15) is 7.14 Å². The first-order valence-electron chi connectivity index (χ1n) is 9.60. The molecule has 0 aliphatic rings. The molecule has 0 saturated carbocycles. The summed E-state index contributed by atoms with van der Waals surface area (Å²) in [7, 11) is 0.764. The van der Waals surface area contributed by atoms with Crippen molar-refractivity contribution in [2.75, 3.05) is 25.8 Å². The van der Waals surface area contributed by atoms with Gasteiger partial charge in [-0.2, -0.15) is 5.10 Å². The summed E-state index contributed by atoms with van der Waals surface area (Å²) in [5, 5.41) is 10.5.